The summed E-state index contributed by atoms with van der Waals surface area (Å²) in [6.45, 7) is 3.27. The lowest BCUT2D eigenvalue weighted by atomic mass is 10.0. The molecule has 0 saturated carbocycles. The molecule has 0 atom stereocenters. The largest absolute Gasteiger partial charge is 0.361 e. The van der Waals surface area contributed by atoms with E-state index < -0.39 is 0 Å². The lowest BCUT2D eigenvalue weighted by molar-refractivity contribution is 0.306. The fourth-order valence-corrected chi connectivity index (χ4v) is 3.38. The van der Waals surface area contributed by atoms with Crippen LogP contribution in [0.25, 0.3) is 16.5 Å². The predicted molar refractivity (Wildman–Crippen MR) is 94.2 cm³/mol. The number of benzene rings is 1. The van der Waals surface area contributed by atoms with E-state index in [9.17, 15) is 0 Å². The summed E-state index contributed by atoms with van der Waals surface area (Å²) < 4.78 is 1.87. The summed E-state index contributed by atoms with van der Waals surface area (Å²) in [6, 6.07) is 8.54. The quantitative estimate of drug-likeness (QED) is 0.803. The maximum absolute atomic E-state index is 4.27. The van der Waals surface area contributed by atoms with Gasteiger partial charge in [0.25, 0.3) is 0 Å². The van der Waals surface area contributed by atoms with E-state index in [1.165, 1.54) is 27.6 Å². The minimum atomic E-state index is 1.03. The van der Waals surface area contributed by atoms with E-state index in [0.717, 1.165) is 32.5 Å². The third-order valence-electron chi connectivity index (χ3n) is 4.74. The Bertz CT molecular complexity index is 840. The van der Waals surface area contributed by atoms with Crippen LogP contribution >= 0.6 is 0 Å². The molecular weight excluding hydrogens is 284 g/mol. The van der Waals surface area contributed by atoms with Gasteiger partial charge in [0.15, 0.2) is 0 Å². The average molecular weight is 306 g/mol. The predicted octanol–water partition coefficient (Wildman–Crippen LogP) is 3.23. The SMILES string of the molecule is Cn1cc(C2=CCN(CCc3c[nH]c4ccccc34)CC2)cn1. The van der Waals surface area contributed by atoms with Gasteiger partial charge in [-0.1, -0.05) is 24.3 Å². The highest BCUT2D eigenvalue weighted by Crippen LogP contribution is 2.23. The number of aromatic nitrogens is 3. The molecule has 3 heterocycles. The highest BCUT2D eigenvalue weighted by Gasteiger charge is 2.14. The zero-order chi connectivity index (χ0) is 15.6. The first-order chi connectivity index (χ1) is 11.3. The van der Waals surface area contributed by atoms with Gasteiger partial charge in [0.2, 0.25) is 0 Å². The molecule has 0 saturated heterocycles. The molecule has 1 aromatic carbocycles. The average Bonchev–Trinajstić information content (AvgIpc) is 3.20. The van der Waals surface area contributed by atoms with Crippen LogP contribution in [0.4, 0.5) is 0 Å². The van der Waals surface area contributed by atoms with Gasteiger partial charge < -0.3 is 4.98 Å². The van der Waals surface area contributed by atoms with Crippen molar-refractivity contribution in [2.24, 2.45) is 7.05 Å². The summed E-state index contributed by atoms with van der Waals surface area (Å²) in [5.74, 6) is 0. The van der Waals surface area contributed by atoms with E-state index in [0.29, 0.717) is 0 Å². The first-order valence-electron chi connectivity index (χ1n) is 8.25. The summed E-state index contributed by atoms with van der Waals surface area (Å²) in [7, 11) is 1.97. The van der Waals surface area contributed by atoms with Gasteiger partial charge in [-0.05, 0) is 30.0 Å². The van der Waals surface area contributed by atoms with Crippen molar-refractivity contribution >= 4 is 16.5 Å². The summed E-state index contributed by atoms with van der Waals surface area (Å²) >= 11 is 0. The number of aryl methyl sites for hydroxylation is 1. The number of rotatable bonds is 4. The zero-order valence-electron chi connectivity index (χ0n) is 13.5. The molecule has 4 heteroatoms. The van der Waals surface area contributed by atoms with Crippen molar-refractivity contribution in [2.75, 3.05) is 19.6 Å². The lowest BCUT2D eigenvalue weighted by Gasteiger charge is -2.25. The number of para-hydroxylation sites is 1. The van der Waals surface area contributed by atoms with E-state index >= 15 is 0 Å². The molecule has 1 aliphatic rings. The first kappa shape index (κ1) is 14.3. The molecule has 0 fully saturated rings. The Morgan fingerprint density at radius 2 is 2.17 bits per heavy atom. The van der Waals surface area contributed by atoms with Crippen molar-refractivity contribution in [3.63, 3.8) is 0 Å². The molecule has 0 bridgehead atoms. The van der Waals surface area contributed by atoms with Gasteiger partial charge in [-0.15, -0.1) is 0 Å². The topological polar surface area (TPSA) is 36.9 Å². The van der Waals surface area contributed by atoms with Gasteiger partial charge in [0, 0.05) is 55.5 Å². The van der Waals surface area contributed by atoms with E-state index in [-0.39, 0.29) is 0 Å². The molecule has 2 aromatic heterocycles. The number of hydrogen-bond acceptors (Lipinski definition) is 2. The normalized spacial score (nSPS) is 16.0. The van der Waals surface area contributed by atoms with Crippen LogP contribution in [0, 0.1) is 0 Å². The number of H-pyrrole nitrogens is 1. The summed E-state index contributed by atoms with van der Waals surface area (Å²) in [4.78, 5) is 5.90. The zero-order valence-corrected chi connectivity index (χ0v) is 13.5. The van der Waals surface area contributed by atoms with E-state index in [1.54, 1.807) is 0 Å². The van der Waals surface area contributed by atoms with Crippen molar-refractivity contribution < 1.29 is 0 Å². The van der Waals surface area contributed by atoms with Crippen LogP contribution in [0.15, 0.2) is 48.9 Å². The van der Waals surface area contributed by atoms with Crippen LogP contribution in [0.1, 0.15) is 17.5 Å². The Morgan fingerprint density at radius 3 is 2.96 bits per heavy atom. The molecule has 4 rings (SSSR count). The van der Waals surface area contributed by atoms with Crippen LogP contribution in [-0.2, 0) is 13.5 Å². The molecule has 0 radical (unpaired) electrons. The fraction of sp³-hybridized carbons (Fsp3) is 0.316. The molecule has 0 amide bonds. The van der Waals surface area contributed by atoms with Crippen molar-refractivity contribution in [2.45, 2.75) is 12.8 Å². The van der Waals surface area contributed by atoms with E-state index in [1.807, 2.05) is 17.9 Å². The fourth-order valence-electron chi connectivity index (χ4n) is 3.38. The summed E-state index contributed by atoms with van der Waals surface area (Å²) in [5, 5.41) is 5.63. The van der Waals surface area contributed by atoms with Crippen LogP contribution < -0.4 is 0 Å². The second kappa shape index (κ2) is 6.05. The Balaban J connectivity index is 1.39. The van der Waals surface area contributed by atoms with Crippen molar-refractivity contribution in [1.82, 2.24) is 19.7 Å². The minimum absolute atomic E-state index is 1.03. The standard InChI is InChI=1S/C19H22N4/c1-22-14-17(13-21-22)15-6-9-23(10-7-15)11-8-16-12-20-19-5-3-2-4-18(16)19/h2-6,12-14,20H,7-11H2,1H3. The maximum Gasteiger partial charge on any atom is 0.0564 e. The van der Waals surface area contributed by atoms with Crippen molar-refractivity contribution in [3.8, 4) is 0 Å². The van der Waals surface area contributed by atoms with Crippen LogP contribution in [0.2, 0.25) is 0 Å². The van der Waals surface area contributed by atoms with Gasteiger partial charge >= 0.3 is 0 Å². The Kier molecular flexibility index (Phi) is 3.75. The highest BCUT2D eigenvalue weighted by molar-refractivity contribution is 5.83. The van der Waals surface area contributed by atoms with Crippen LogP contribution in [0.3, 0.4) is 0 Å². The highest BCUT2D eigenvalue weighted by atomic mass is 15.2. The molecule has 23 heavy (non-hydrogen) atoms. The molecule has 3 aromatic rings. The lowest BCUT2D eigenvalue weighted by Crippen LogP contribution is -2.30. The third-order valence-corrected chi connectivity index (χ3v) is 4.74. The number of fused-ring (bicyclic) bond motifs is 1. The molecule has 0 aliphatic carbocycles. The summed E-state index contributed by atoms with van der Waals surface area (Å²) in [6.07, 6.45) is 10.8. The second-order valence-electron chi connectivity index (χ2n) is 6.29. The third kappa shape index (κ3) is 2.94. The van der Waals surface area contributed by atoms with Gasteiger partial charge in [-0.3, -0.25) is 9.58 Å². The molecule has 118 valence electrons. The number of nitrogens with one attached hydrogen (secondary N) is 1. The monoisotopic (exact) mass is 306 g/mol. The maximum atomic E-state index is 4.27. The molecular formula is C19H22N4. The van der Waals surface area contributed by atoms with Gasteiger partial charge in [-0.25, -0.2) is 0 Å². The van der Waals surface area contributed by atoms with Gasteiger partial charge in [0.1, 0.15) is 0 Å². The van der Waals surface area contributed by atoms with Crippen LogP contribution in [-0.4, -0.2) is 39.3 Å². The van der Waals surface area contributed by atoms with Gasteiger partial charge in [0.05, 0.1) is 6.20 Å². The molecule has 1 aliphatic heterocycles. The smallest absolute Gasteiger partial charge is 0.0564 e. The Morgan fingerprint density at radius 1 is 1.26 bits per heavy atom. The number of aromatic amines is 1. The Hall–Kier alpha value is -2.33. The molecule has 1 N–H and O–H groups in total. The number of nitrogens with zero attached hydrogens (tertiary/aromatic N) is 3. The van der Waals surface area contributed by atoms with Gasteiger partial charge in [-0.2, -0.15) is 5.10 Å². The second-order valence-corrected chi connectivity index (χ2v) is 6.29. The minimum Gasteiger partial charge on any atom is -0.361 e. The Labute approximate surface area is 136 Å². The number of hydrogen-bond donors (Lipinski definition) is 1. The molecule has 4 nitrogen and oxygen atoms in total. The molecule has 0 unspecified atom stereocenters. The van der Waals surface area contributed by atoms with E-state index in [4.69, 9.17) is 0 Å². The van der Waals surface area contributed by atoms with Crippen molar-refractivity contribution in [1.29, 1.82) is 0 Å². The van der Waals surface area contributed by atoms with Crippen molar-refractivity contribution in [3.05, 3.63) is 60.1 Å². The molecule has 0 spiro atoms. The summed E-state index contributed by atoms with van der Waals surface area (Å²) in [5.41, 5.74) is 5.35. The van der Waals surface area contributed by atoms with E-state index in [2.05, 4.69) is 57.7 Å². The van der Waals surface area contributed by atoms with Crippen LogP contribution in [0.5, 0.6) is 0 Å². The first-order valence-corrected chi connectivity index (χ1v) is 8.25.